The van der Waals surface area contributed by atoms with Crippen LogP contribution in [0.15, 0.2) is 0 Å². The maximum absolute atomic E-state index is 12.6. The normalized spacial score (nSPS) is 24.9. The predicted molar refractivity (Wildman–Crippen MR) is 67.4 cm³/mol. The van der Waals surface area contributed by atoms with Crippen LogP contribution in [-0.4, -0.2) is 36.0 Å². The second kappa shape index (κ2) is 6.98. The molecule has 102 valence electrons. The third-order valence-corrected chi connectivity index (χ3v) is 4.32. The summed E-state index contributed by atoms with van der Waals surface area (Å²) in [6.45, 7) is 3.92. The van der Waals surface area contributed by atoms with Crippen LogP contribution >= 0.6 is 15.9 Å². The molecule has 2 unspecified atom stereocenters. The van der Waals surface area contributed by atoms with Gasteiger partial charge in [-0.3, -0.25) is 0 Å². The molecule has 0 aromatic heterocycles. The molecule has 0 spiro atoms. The Labute approximate surface area is 110 Å². The Hall–Kier alpha value is 0.230. The molecule has 0 aromatic rings. The summed E-state index contributed by atoms with van der Waals surface area (Å²) < 4.78 is 37.9. The maximum atomic E-state index is 12.6. The minimum absolute atomic E-state index is 0.191. The van der Waals surface area contributed by atoms with E-state index >= 15 is 0 Å². The number of piperidine rings is 1. The van der Waals surface area contributed by atoms with Crippen LogP contribution in [0.1, 0.15) is 32.6 Å². The molecule has 1 rings (SSSR count). The highest BCUT2D eigenvalue weighted by atomic mass is 79.9. The fourth-order valence-electron chi connectivity index (χ4n) is 2.48. The number of halogens is 4. The Morgan fingerprint density at radius 1 is 1.41 bits per heavy atom. The number of hydrogen-bond donors (Lipinski definition) is 0. The molecule has 1 heterocycles. The minimum atomic E-state index is -4.02. The first kappa shape index (κ1) is 15.3. The lowest BCUT2D eigenvalue weighted by Crippen LogP contribution is -2.43. The van der Waals surface area contributed by atoms with Crippen molar-refractivity contribution in [1.29, 1.82) is 0 Å². The molecule has 1 aliphatic rings. The molecule has 1 saturated heterocycles. The first-order chi connectivity index (χ1) is 7.97. The van der Waals surface area contributed by atoms with E-state index in [1.807, 2.05) is 4.90 Å². The van der Waals surface area contributed by atoms with Crippen molar-refractivity contribution in [2.45, 2.75) is 38.8 Å². The molecule has 5 heteroatoms. The molecule has 0 aliphatic carbocycles. The number of nitrogens with zero attached hydrogens (tertiary/aromatic N) is 1. The molecule has 1 aliphatic heterocycles. The van der Waals surface area contributed by atoms with Gasteiger partial charge >= 0.3 is 6.18 Å². The Morgan fingerprint density at radius 2 is 2.12 bits per heavy atom. The van der Waals surface area contributed by atoms with Crippen molar-refractivity contribution in [2.75, 3.05) is 25.0 Å². The standard InChI is InChI=1S/C12H21BrF3N/c1-2-4-10(7-13)8-17-6-3-5-11(9-17)12(14,15)16/h10-11H,2-9H2,1H3. The molecule has 0 bridgehead atoms. The molecule has 17 heavy (non-hydrogen) atoms. The van der Waals surface area contributed by atoms with Crippen molar-refractivity contribution in [3.05, 3.63) is 0 Å². The Kier molecular flexibility index (Phi) is 6.27. The van der Waals surface area contributed by atoms with Gasteiger partial charge in [-0.25, -0.2) is 0 Å². The van der Waals surface area contributed by atoms with E-state index in [9.17, 15) is 13.2 Å². The van der Waals surface area contributed by atoms with Crippen LogP contribution < -0.4 is 0 Å². The van der Waals surface area contributed by atoms with E-state index in [4.69, 9.17) is 0 Å². The molecule has 0 aromatic carbocycles. The van der Waals surface area contributed by atoms with Gasteiger partial charge in [0.15, 0.2) is 0 Å². The van der Waals surface area contributed by atoms with E-state index in [0.29, 0.717) is 18.8 Å². The van der Waals surface area contributed by atoms with Crippen molar-refractivity contribution in [1.82, 2.24) is 4.90 Å². The van der Waals surface area contributed by atoms with Crippen LogP contribution in [0.3, 0.4) is 0 Å². The Bertz CT molecular complexity index is 220. The van der Waals surface area contributed by atoms with Crippen molar-refractivity contribution in [3.63, 3.8) is 0 Å². The summed E-state index contributed by atoms with van der Waals surface area (Å²) in [7, 11) is 0. The fourth-order valence-corrected chi connectivity index (χ4v) is 3.01. The van der Waals surface area contributed by atoms with E-state index in [-0.39, 0.29) is 6.54 Å². The van der Waals surface area contributed by atoms with Gasteiger partial charge in [0, 0.05) is 18.4 Å². The molecule has 2 atom stereocenters. The lowest BCUT2D eigenvalue weighted by Gasteiger charge is -2.35. The molecule has 0 N–H and O–H groups in total. The highest BCUT2D eigenvalue weighted by molar-refractivity contribution is 9.09. The van der Waals surface area contributed by atoms with Gasteiger partial charge in [0.1, 0.15) is 0 Å². The maximum Gasteiger partial charge on any atom is 0.393 e. The van der Waals surface area contributed by atoms with Gasteiger partial charge < -0.3 is 4.90 Å². The lowest BCUT2D eigenvalue weighted by atomic mass is 9.96. The second-order valence-electron chi connectivity index (χ2n) is 4.95. The van der Waals surface area contributed by atoms with Gasteiger partial charge in [-0.1, -0.05) is 29.3 Å². The van der Waals surface area contributed by atoms with Crippen LogP contribution in [0.2, 0.25) is 0 Å². The number of likely N-dealkylation sites (tertiary alicyclic amines) is 1. The zero-order chi connectivity index (χ0) is 12.9. The van der Waals surface area contributed by atoms with Crippen molar-refractivity contribution in [3.8, 4) is 0 Å². The summed E-state index contributed by atoms with van der Waals surface area (Å²) in [4.78, 5) is 1.99. The largest absolute Gasteiger partial charge is 0.393 e. The quantitative estimate of drug-likeness (QED) is 0.691. The molecule has 0 amide bonds. The average molecular weight is 316 g/mol. The summed E-state index contributed by atoms with van der Waals surface area (Å²) in [5, 5.41) is 0.883. The molecular formula is C12H21BrF3N. The van der Waals surface area contributed by atoms with Crippen LogP contribution in [0.5, 0.6) is 0 Å². The fraction of sp³-hybridized carbons (Fsp3) is 1.00. The molecular weight excluding hydrogens is 295 g/mol. The summed E-state index contributed by atoms with van der Waals surface area (Å²) in [6, 6.07) is 0. The van der Waals surface area contributed by atoms with Gasteiger partial charge in [0.05, 0.1) is 5.92 Å². The number of rotatable bonds is 5. The van der Waals surface area contributed by atoms with Gasteiger partial charge in [-0.05, 0) is 31.7 Å². The van der Waals surface area contributed by atoms with Crippen molar-refractivity contribution >= 4 is 15.9 Å². The first-order valence-corrected chi connectivity index (χ1v) is 7.44. The topological polar surface area (TPSA) is 3.24 Å². The minimum Gasteiger partial charge on any atom is -0.302 e. The van der Waals surface area contributed by atoms with Gasteiger partial charge in [0.2, 0.25) is 0 Å². The summed E-state index contributed by atoms with van der Waals surface area (Å²) in [6.07, 6.45) is -0.878. The average Bonchev–Trinajstić information content (AvgIpc) is 2.28. The van der Waals surface area contributed by atoms with E-state index in [0.717, 1.165) is 31.3 Å². The number of hydrogen-bond acceptors (Lipinski definition) is 1. The van der Waals surface area contributed by atoms with Gasteiger partial charge in [0.25, 0.3) is 0 Å². The highest BCUT2D eigenvalue weighted by Crippen LogP contribution is 2.33. The molecule has 1 fully saturated rings. The van der Waals surface area contributed by atoms with Crippen LogP contribution in [0.25, 0.3) is 0 Å². The zero-order valence-corrected chi connectivity index (χ0v) is 11.9. The van der Waals surface area contributed by atoms with E-state index in [1.165, 1.54) is 0 Å². The van der Waals surface area contributed by atoms with E-state index < -0.39 is 12.1 Å². The Morgan fingerprint density at radius 3 is 2.65 bits per heavy atom. The Balaban J connectivity index is 2.43. The smallest absolute Gasteiger partial charge is 0.302 e. The van der Waals surface area contributed by atoms with E-state index in [1.54, 1.807) is 0 Å². The summed E-state index contributed by atoms with van der Waals surface area (Å²) >= 11 is 3.45. The van der Waals surface area contributed by atoms with Crippen molar-refractivity contribution in [2.24, 2.45) is 11.8 Å². The third-order valence-electron chi connectivity index (χ3n) is 3.40. The molecule has 1 nitrogen and oxygen atoms in total. The van der Waals surface area contributed by atoms with Gasteiger partial charge in [-0.2, -0.15) is 13.2 Å². The van der Waals surface area contributed by atoms with Crippen LogP contribution in [-0.2, 0) is 0 Å². The summed E-state index contributed by atoms with van der Waals surface area (Å²) in [5.41, 5.74) is 0. The zero-order valence-electron chi connectivity index (χ0n) is 10.3. The second-order valence-corrected chi connectivity index (χ2v) is 5.60. The molecule has 0 radical (unpaired) electrons. The number of alkyl halides is 4. The van der Waals surface area contributed by atoms with Crippen LogP contribution in [0.4, 0.5) is 13.2 Å². The highest BCUT2D eigenvalue weighted by Gasteiger charge is 2.41. The van der Waals surface area contributed by atoms with E-state index in [2.05, 4.69) is 22.9 Å². The summed E-state index contributed by atoms with van der Waals surface area (Å²) in [5.74, 6) is -0.638. The molecule has 0 saturated carbocycles. The van der Waals surface area contributed by atoms with Crippen molar-refractivity contribution < 1.29 is 13.2 Å². The SMILES string of the molecule is CCCC(CBr)CN1CCCC(C(F)(F)F)C1. The monoisotopic (exact) mass is 315 g/mol. The lowest BCUT2D eigenvalue weighted by molar-refractivity contribution is -0.187. The first-order valence-electron chi connectivity index (χ1n) is 6.32. The van der Waals surface area contributed by atoms with Crippen LogP contribution in [0, 0.1) is 11.8 Å². The predicted octanol–water partition coefficient (Wildman–Crippen LogP) is 4.07. The third kappa shape index (κ3) is 5.16. The van der Waals surface area contributed by atoms with Gasteiger partial charge in [-0.15, -0.1) is 0 Å².